The number of halogens is 1. The molecule has 0 atom stereocenters. The number of hydrogen-bond donors (Lipinski definition) is 1. The van der Waals surface area contributed by atoms with Crippen LogP contribution in [0.15, 0.2) is 30.3 Å². The molecule has 2 aromatic heterocycles. The Morgan fingerprint density at radius 1 is 1.40 bits per heavy atom. The molecule has 3 rings (SSSR count). The first-order valence-electron chi connectivity index (χ1n) is 6.04. The second-order valence-corrected chi connectivity index (χ2v) is 5.98. The molecule has 6 heteroatoms. The fourth-order valence-electron chi connectivity index (χ4n) is 1.94. The molecule has 0 saturated heterocycles. The number of carbonyl (C=O) groups excluding carboxylic acids is 1. The van der Waals surface area contributed by atoms with Crippen LogP contribution in [0.2, 0.25) is 5.02 Å². The molecule has 102 valence electrons. The molecule has 0 unspecified atom stereocenters. The van der Waals surface area contributed by atoms with Crippen molar-refractivity contribution in [3.8, 4) is 0 Å². The van der Waals surface area contributed by atoms with Gasteiger partial charge in [-0.25, -0.2) is 0 Å². The van der Waals surface area contributed by atoms with Crippen LogP contribution in [0.1, 0.15) is 15.4 Å². The van der Waals surface area contributed by atoms with E-state index in [1.165, 1.54) is 11.3 Å². The summed E-state index contributed by atoms with van der Waals surface area (Å²) in [7, 11) is 1.84. The molecule has 0 spiro atoms. The average Bonchev–Trinajstić information content (AvgIpc) is 2.95. The number of aryl methyl sites for hydroxylation is 2. The standard InChI is InChI=1S/C14H12ClN3OS/c1-8-6-12(17-18(8)2)16-14(19)11-7-9-4-3-5-10(15)13(9)20-11/h3-7H,1-2H3,(H,16,17,19). The number of benzene rings is 1. The van der Waals surface area contributed by atoms with Crippen molar-refractivity contribution in [2.45, 2.75) is 6.92 Å². The molecule has 0 radical (unpaired) electrons. The predicted octanol–water partition coefficient (Wildman–Crippen LogP) is 3.85. The molecular weight excluding hydrogens is 294 g/mol. The molecule has 0 aliphatic rings. The van der Waals surface area contributed by atoms with Crippen LogP contribution in [-0.4, -0.2) is 15.7 Å². The van der Waals surface area contributed by atoms with Crippen LogP contribution in [-0.2, 0) is 7.05 Å². The smallest absolute Gasteiger partial charge is 0.266 e. The van der Waals surface area contributed by atoms with Crippen molar-refractivity contribution in [3.05, 3.63) is 45.9 Å². The van der Waals surface area contributed by atoms with E-state index < -0.39 is 0 Å². The molecule has 1 aromatic carbocycles. The van der Waals surface area contributed by atoms with Crippen LogP contribution in [0.5, 0.6) is 0 Å². The lowest BCUT2D eigenvalue weighted by molar-refractivity contribution is 0.103. The maximum absolute atomic E-state index is 12.2. The minimum Gasteiger partial charge on any atom is -0.304 e. The van der Waals surface area contributed by atoms with Gasteiger partial charge in [-0.15, -0.1) is 11.3 Å². The fraction of sp³-hybridized carbons (Fsp3) is 0.143. The molecule has 3 aromatic rings. The zero-order chi connectivity index (χ0) is 14.3. The van der Waals surface area contributed by atoms with E-state index in [1.54, 1.807) is 4.68 Å². The Bertz CT molecular complexity index is 786. The van der Waals surface area contributed by atoms with E-state index >= 15 is 0 Å². The summed E-state index contributed by atoms with van der Waals surface area (Å²) in [5.41, 5.74) is 0.986. The Morgan fingerprint density at radius 2 is 2.20 bits per heavy atom. The summed E-state index contributed by atoms with van der Waals surface area (Å²) in [5, 5.41) is 8.65. The maximum atomic E-state index is 12.2. The molecular formula is C14H12ClN3OS. The topological polar surface area (TPSA) is 46.9 Å². The van der Waals surface area contributed by atoms with Gasteiger partial charge in [0.05, 0.1) is 14.6 Å². The third-order valence-corrected chi connectivity index (χ3v) is 4.69. The largest absolute Gasteiger partial charge is 0.304 e. The van der Waals surface area contributed by atoms with E-state index in [0.717, 1.165) is 15.8 Å². The monoisotopic (exact) mass is 305 g/mol. The number of thiophene rings is 1. The molecule has 0 saturated carbocycles. The number of fused-ring (bicyclic) bond motifs is 1. The van der Waals surface area contributed by atoms with E-state index in [0.29, 0.717) is 15.7 Å². The van der Waals surface area contributed by atoms with Crippen molar-refractivity contribution in [1.82, 2.24) is 9.78 Å². The molecule has 0 bridgehead atoms. The molecule has 1 amide bonds. The van der Waals surface area contributed by atoms with Gasteiger partial charge >= 0.3 is 0 Å². The minimum absolute atomic E-state index is 0.166. The number of hydrogen-bond acceptors (Lipinski definition) is 3. The van der Waals surface area contributed by atoms with Gasteiger partial charge in [-0.3, -0.25) is 9.48 Å². The molecule has 20 heavy (non-hydrogen) atoms. The minimum atomic E-state index is -0.166. The lowest BCUT2D eigenvalue weighted by Gasteiger charge is -1.97. The first kappa shape index (κ1) is 13.1. The number of nitrogens with zero attached hydrogens (tertiary/aromatic N) is 2. The normalized spacial score (nSPS) is 10.9. The summed E-state index contributed by atoms with van der Waals surface area (Å²) in [6.45, 7) is 1.93. The number of anilines is 1. The summed E-state index contributed by atoms with van der Waals surface area (Å²) >= 11 is 7.51. The molecule has 0 fully saturated rings. The maximum Gasteiger partial charge on any atom is 0.266 e. The number of nitrogens with one attached hydrogen (secondary N) is 1. The van der Waals surface area contributed by atoms with Gasteiger partial charge in [0.25, 0.3) is 5.91 Å². The van der Waals surface area contributed by atoms with E-state index in [1.807, 2.05) is 44.3 Å². The van der Waals surface area contributed by atoms with Crippen LogP contribution in [0.3, 0.4) is 0 Å². The Labute approximate surface area is 125 Å². The van der Waals surface area contributed by atoms with Crippen LogP contribution < -0.4 is 5.32 Å². The fourth-order valence-corrected chi connectivity index (χ4v) is 3.20. The second kappa shape index (κ2) is 4.92. The molecule has 1 N–H and O–H groups in total. The molecule has 0 aliphatic heterocycles. The van der Waals surface area contributed by atoms with Crippen LogP contribution in [0.4, 0.5) is 5.82 Å². The summed E-state index contributed by atoms with van der Waals surface area (Å²) in [6.07, 6.45) is 0. The van der Waals surface area contributed by atoms with Gasteiger partial charge < -0.3 is 5.32 Å². The Kier molecular flexibility index (Phi) is 3.23. The van der Waals surface area contributed by atoms with Crippen molar-refractivity contribution >= 4 is 44.7 Å². The third kappa shape index (κ3) is 2.30. The lowest BCUT2D eigenvalue weighted by Crippen LogP contribution is -2.10. The molecule has 4 nitrogen and oxygen atoms in total. The summed E-state index contributed by atoms with van der Waals surface area (Å²) in [6, 6.07) is 9.32. The molecule has 0 aliphatic carbocycles. The highest BCUT2D eigenvalue weighted by Gasteiger charge is 2.13. The highest BCUT2D eigenvalue weighted by Crippen LogP contribution is 2.32. The zero-order valence-electron chi connectivity index (χ0n) is 11.0. The first-order valence-corrected chi connectivity index (χ1v) is 7.24. The van der Waals surface area contributed by atoms with Crippen molar-refractivity contribution < 1.29 is 4.79 Å². The van der Waals surface area contributed by atoms with Gasteiger partial charge in [0.15, 0.2) is 5.82 Å². The number of amides is 1. The van der Waals surface area contributed by atoms with E-state index in [2.05, 4.69) is 10.4 Å². The predicted molar refractivity (Wildman–Crippen MR) is 82.7 cm³/mol. The van der Waals surface area contributed by atoms with E-state index in [4.69, 9.17) is 11.6 Å². The van der Waals surface area contributed by atoms with E-state index in [-0.39, 0.29) is 5.91 Å². The van der Waals surface area contributed by atoms with Gasteiger partial charge in [0.1, 0.15) is 0 Å². The Balaban J connectivity index is 1.90. The van der Waals surface area contributed by atoms with E-state index in [9.17, 15) is 4.79 Å². The molecule has 2 heterocycles. The summed E-state index contributed by atoms with van der Waals surface area (Å²) < 4.78 is 2.65. The summed E-state index contributed by atoms with van der Waals surface area (Å²) in [5.74, 6) is 0.388. The van der Waals surface area contributed by atoms with Gasteiger partial charge in [-0.1, -0.05) is 23.7 Å². The van der Waals surface area contributed by atoms with Gasteiger partial charge in [0, 0.05) is 18.8 Å². The third-order valence-electron chi connectivity index (χ3n) is 3.08. The van der Waals surface area contributed by atoms with Crippen LogP contribution in [0, 0.1) is 6.92 Å². The van der Waals surface area contributed by atoms with Crippen molar-refractivity contribution in [2.24, 2.45) is 7.05 Å². The highest BCUT2D eigenvalue weighted by atomic mass is 35.5. The zero-order valence-corrected chi connectivity index (χ0v) is 12.5. The van der Waals surface area contributed by atoms with Gasteiger partial charge in [0.2, 0.25) is 0 Å². The Hall–Kier alpha value is -1.85. The summed E-state index contributed by atoms with van der Waals surface area (Å²) in [4.78, 5) is 12.8. The van der Waals surface area contributed by atoms with Gasteiger partial charge in [-0.2, -0.15) is 5.10 Å². The highest BCUT2D eigenvalue weighted by molar-refractivity contribution is 7.21. The van der Waals surface area contributed by atoms with Crippen molar-refractivity contribution in [1.29, 1.82) is 0 Å². The van der Waals surface area contributed by atoms with Crippen LogP contribution in [0.25, 0.3) is 10.1 Å². The Morgan fingerprint density at radius 3 is 2.85 bits per heavy atom. The second-order valence-electron chi connectivity index (χ2n) is 4.52. The number of aromatic nitrogens is 2. The van der Waals surface area contributed by atoms with Crippen molar-refractivity contribution in [3.63, 3.8) is 0 Å². The first-order chi connectivity index (χ1) is 9.54. The average molecular weight is 306 g/mol. The quantitative estimate of drug-likeness (QED) is 0.781. The van der Waals surface area contributed by atoms with Crippen LogP contribution >= 0.6 is 22.9 Å². The number of carbonyl (C=O) groups is 1. The van der Waals surface area contributed by atoms with Gasteiger partial charge in [-0.05, 0) is 24.4 Å². The lowest BCUT2D eigenvalue weighted by atomic mass is 10.2. The van der Waals surface area contributed by atoms with Crippen molar-refractivity contribution in [2.75, 3.05) is 5.32 Å². The SMILES string of the molecule is Cc1cc(NC(=O)c2cc3cccc(Cl)c3s2)nn1C. The number of rotatable bonds is 2.